The molecule has 0 aromatic heterocycles. The monoisotopic (exact) mass is 141 g/mol. The van der Waals surface area contributed by atoms with Crippen LogP contribution in [0.4, 0.5) is 4.39 Å². The molecule has 0 aliphatic heterocycles. The molecule has 0 heterocycles. The maximum atomic E-state index is 12.7. The molecule has 0 bridgehead atoms. The Labute approximate surface area is 62.7 Å². The molecule has 0 spiro atoms. The third kappa shape index (κ3) is 1.21. The maximum absolute atomic E-state index is 12.7. The molecule has 52 valence electrons. The van der Waals surface area contributed by atoms with Crippen molar-refractivity contribution >= 4 is 6.29 Å². The van der Waals surface area contributed by atoms with E-state index in [-0.39, 0.29) is 11.1 Å². The summed E-state index contributed by atoms with van der Waals surface area (Å²) in [5, 5.41) is 0. The van der Waals surface area contributed by atoms with Gasteiger partial charge in [0.1, 0.15) is 5.82 Å². The zero-order valence-corrected chi connectivity index (χ0v) is 5.10. The largest absolute Gasteiger partial charge is 0.298 e. The highest BCUT2D eigenvalue weighted by Gasteiger charge is 1.98. The normalized spacial score (nSPS) is 15.1. The lowest BCUT2D eigenvalue weighted by atomic mass is 10.1. The smallest absolute Gasteiger partial charge is 0.153 e. The zero-order valence-electron chi connectivity index (χ0n) is 8.10. The lowest BCUT2D eigenvalue weighted by molar-refractivity contribution is 0.111. The molecule has 0 saturated carbocycles. The van der Waals surface area contributed by atoms with Crippen molar-refractivity contribution in [2.45, 2.75) is 6.85 Å². The predicted molar refractivity (Wildman–Crippen MR) is 36.5 cm³/mol. The third-order valence-electron chi connectivity index (χ3n) is 1.12. The molecule has 0 fully saturated rings. The lowest BCUT2D eigenvalue weighted by Crippen LogP contribution is -1.86. The Morgan fingerprint density at radius 1 is 1.70 bits per heavy atom. The Bertz CT molecular complexity index is 333. The number of benzene rings is 1. The minimum absolute atomic E-state index is 0.0315. The van der Waals surface area contributed by atoms with Gasteiger partial charge in [-0.2, -0.15) is 0 Å². The number of aryl methyl sites for hydroxylation is 1. The van der Waals surface area contributed by atoms with Crippen molar-refractivity contribution in [2.24, 2.45) is 0 Å². The van der Waals surface area contributed by atoms with Crippen LogP contribution in [0.1, 0.15) is 20.0 Å². The SMILES string of the molecule is [2H]C([2H])([2H])c1ccc(F)c(C=O)c1. The quantitative estimate of drug-likeness (QED) is 0.546. The topological polar surface area (TPSA) is 17.1 Å². The van der Waals surface area contributed by atoms with Crippen molar-refractivity contribution in [3.05, 3.63) is 35.1 Å². The minimum atomic E-state index is -2.30. The highest BCUT2D eigenvalue weighted by atomic mass is 19.1. The second-order valence-electron chi connectivity index (χ2n) is 1.85. The van der Waals surface area contributed by atoms with Gasteiger partial charge in [0.25, 0.3) is 0 Å². The molecule has 1 nitrogen and oxygen atoms in total. The number of hydrogen-bond donors (Lipinski definition) is 0. The Morgan fingerprint density at radius 3 is 3.10 bits per heavy atom. The summed E-state index contributed by atoms with van der Waals surface area (Å²) in [6, 6.07) is 3.16. The summed E-state index contributed by atoms with van der Waals surface area (Å²) in [6.45, 7) is -2.30. The van der Waals surface area contributed by atoms with Crippen LogP contribution < -0.4 is 0 Å². The number of halogens is 1. The van der Waals surface area contributed by atoms with Gasteiger partial charge in [-0.15, -0.1) is 0 Å². The van der Waals surface area contributed by atoms with Crippen molar-refractivity contribution in [1.29, 1.82) is 0 Å². The Morgan fingerprint density at radius 2 is 2.50 bits per heavy atom. The summed E-state index contributed by atoms with van der Waals surface area (Å²) in [5.41, 5.74) is -0.260. The first-order chi connectivity index (χ1) is 5.95. The van der Waals surface area contributed by atoms with E-state index in [1.807, 2.05) is 0 Å². The number of rotatable bonds is 1. The van der Waals surface area contributed by atoms with Crippen molar-refractivity contribution in [1.82, 2.24) is 0 Å². The van der Waals surface area contributed by atoms with E-state index in [9.17, 15) is 9.18 Å². The molecule has 0 unspecified atom stereocenters. The molecular weight excluding hydrogens is 131 g/mol. The van der Waals surface area contributed by atoms with Crippen molar-refractivity contribution in [3.8, 4) is 0 Å². The predicted octanol–water partition coefficient (Wildman–Crippen LogP) is 1.95. The van der Waals surface area contributed by atoms with E-state index in [1.165, 1.54) is 0 Å². The van der Waals surface area contributed by atoms with Gasteiger partial charge in [0, 0.05) is 4.11 Å². The summed E-state index contributed by atoms with van der Waals surface area (Å²) >= 11 is 0. The first kappa shape index (κ1) is 3.86. The first-order valence-electron chi connectivity index (χ1n) is 4.20. The molecule has 0 aliphatic carbocycles. The van der Waals surface area contributed by atoms with Crippen molar-refractivity contribution in [3.63, 3.8) is 0 Å². The van der Waals surface area contributed by atoms with E-state index >= 15 is 0 Å². The summed E-state index contributed by atoms with van der Waals surface area (Å²) < 4.78 is 33.8. The molecule has 0 radical (unpaired) electrons. The fourth-order valence-corrected chi connectivity index (χ4v) is 0.634. The number of carbonyl (C=O) groups is 1. The fourth-order valence-electron chi connectivity index (χ4n) is 0.634. The van der Waals surface area contributed by atoms with Crippen LogP contribution >= 0.6 is 0 Å². The maximum Gasteiger partial charge on any atom is 0.153 e. The van der Waals surface area contributed by atoms with Gasteiger partial charge in [-0.1, -0.05) is 11.6 Å². The molecule has 0 amide bonds. The highest BCUT2D eigenvalue weighted by molar-refractivity contribution is 5.75. The molecule has 0 aliphatic rings. The number of carbonyl (C=O) groups excluding carboxylic acids is 1. The second-order valence-corrected chi connectivity index (χ2v) is 1.85. The fraction of sp³-hybridized carbons (Fsp3) is 0.125. The molecule has 0 saturated heterocycles. The van der Waals surface area contributed by atoms with Crippen LogP contribution in [0.5, 0.6) is 0 Å². The average Bonchev–Trinajstić information content (AvgIpc) is 2.03. The number of aldehydes is 1. The van der Waals surface area contributed by atoms with Crippen LogP contribution in [-0.2, 0) is 0 Å². The molecule has 1 aromatic rings. The van der Waals surface area contributed by atoms with Gasteiger partial charge >= 0.3 is 0 Å². The molecule has 2 heteroatoms. The van der Waals surface area contributed by atoms with Gasteiger partial charge in [-0.3, -0.25) is 4.79 Å². The lowest BCUT2D eigenvalue weighted by Gasteiger charge is -1.94. The van der Waals surface area contributed by atoms with Crippen molar-refractivity contribution in [2.75, 3.05) is 0 Å². The van der Waals surface area contributed by atoms with Crippen LogP contribution in [0.25, 0.3) is 0 Å². The molecule has 1 rings (SSSR count). The molecule has 0 atom stereocenters. The molecule has 0 N–H and O–H groups in total. The van der Waals surface area contributed by atoms with E-state index in [0.29, 0.717) is 6.29 Å². The summed E-state index contributed by atoms with van der Waals surface area (Å²) in [6.07, 6.45) is 0.296. The Kier molecular flexibility index (Phi) is 1.01. The van der Waals surface area contributed by atoms with Crippen LogP contribution in [0.15, 0.2) is 18.2 Å². The van der Waals surface area contributed by atoms with E-state index in [0.717, 1.165) is 18.2 Å². The summed E-state index contributed by atoms with van der Waals surface area (Å²) in [4.78, 5) is 10.3. The standard InChI is InChI=1S/C8H7FO/c1-6-2-3-8(9)7(4-6)5-10/h2-5H,1H3/i1D3. The third-order valence-corrected chi connectivity index (χ3v) is 1.12. The van der Waals surface area contributed by atoms with Gasteiger partial charge in [0.2, 0.25) is 0 Å². The molecular formula is C8H7FO. The summed E-state index contributed by atoms with van der Waals surface area (Å²) in [7, 11) is 0. The minimum Gasteiger partial charge on any atom is -0.298 e. The van der Waals surface area contributed by atoms with Crippen LogP contribution in [0, 0.1) is 12.7 Å². The second kappa shape index (κ2) is 2.60. The van der Waals surface area contributed by atoms with E-state index in [2.05, 4.69) is 0 Å². The van der Waals surface area contributed by atoms with Crippen LogP contribution in [0.3, 0.4) is 0 Å². The van der Waals surface area contributed by atoms with Gasteiger partial charge in [0.05, 0.1) is 5.56 Å². The first-order valence-corrected chi connectivity index (χ1v) is 2.70. The van der Waals surface area contributed by atoms with E-state index in [4.69, 9.17) is 4.11 Å². The van der Waals surface area contributed by atoms with Crippen molar-refractivity contribution < 1.29 is 13.3 Å². The van der Waals surface area contributed by atoms with Gasteiger partial charge in [-0.05, 0) is 19.0 Å². The van der Waals surface area contributed by atoms with E-state index in [1.54, 1.807) is 0 Å². The Hall–Kier alpha value is -1.18. The number of hydrogen-bond acceptors (Lipinski definition) is 1. The van der Waals surface area contributed by atoms with Gasteiger partial charge < -0.3 is 0 Å². The molecule has 10 heavy (non-hydrogen) atoms. The van der Waals surface area contributed by atoms with E-state index < -0.39 is 12.7 Å². The zero-order chi connectivity index (χ0) is 10.1. The average molecular weight is 141 g/mol. The Balaban J connectivity index is 3.21. The van der Waals surface area contributed by atoms with Crippen LogP contribution in [-0.4, -0.2) is 6.29 Å². The molecule has 1 aromatic carbocycles. The van der Waals surface area contributed by atoms with Crippen LogP contribution in [0.2, 0.25) is 0 Å². The summed E-state index contributed by atoms with van der Waals surface area (Å²) in [5.74, 6) is -0.706. The van der Waals surface area contributed by atoms with Gasteiger partial charge in [0.15, 0.2) is 6.29 Å². The highest BCUT2D eigenvalue weighted by Crippen LogP contribution is 2.06. The van der Waals surface area contributed by atoms with Gasteiger partial charge in [-0.25, -0.2) is 4.39 Å².